The maximum Gasteiger partial charge on any atom is 0.163 e. The van der Waals surface area contributed by atoms with Crippen LogP contribution in [0.5, 0.6) is 11.5 Å². The molecule has 1 aromatic rings. The van der Waals surface area contributed by atoms with Gasteiger partial charge in [0.15, 0.2) is 11.5 Å². The molecule has 2 unspecified atom stereocenters. The van der Waals surface area contributed by atoms with Crippen molar-refractivity contribution in [3.8, 4) is 11.5 Å². The van der Waals surface area contributed by atoms with Crippen molar-refractivity contribution in [3.63, 3.8) is 0 Å². The molecule has 2 atom stereocenters. The normalized spacial score (nSPS) is 22.4. The zero-order chi connectivity index (χ0) is 13.5. The quantitative estimate of drug-likeness (QED) is 0.897. The number of hydrogen-bond donors (Lipinski definition) is 1. The van der Waals surface area contributed by atoms with Crippen LogP contribution in [-0.4, -0.2) is 19.3 Å². The standard InChI is InChI=1S/C14H19FO3/c1-14(2)7-9(14)13(16)8-5-11(17-3)12(18-4)6-10(8)15/h5-6,9,13,16H,7H2,1-4H3. The van der Waals surface area contributed by atoms with Gasteiger partial charge in [0.05, 0.1) is 20.3 Å². The molecule has 0 aliphatic heterocycles. The molecule has 3 nitrogen and oxygen atoms in total. The highest BCUT2D eigenvalue weighted by molar-refractivity contribution is 5.44. The molecule has 1 fully saturated rings. The Morgan fingerprint density at radius 2 is 1.78 bits per heavy atom. The summed E-state index contributed by atoms with van der Waals surface area (Å²) in [5.41, 5.74) is 0.363. The van der Waals surface area contributed by atoms with Gasteiger partial charge < -0.3 is 14.6 Å². The van der Waals surface area contributed by atoms with Crippen molar-refractivity contribution >= 4 is 0 Å². The van der Waals surface area contributed by atoms with Gasteiger partial charge in [-0.15, -0.1) is 0 Å². The molecule has 1 N–H and O–H groups in total. The first-order chi connectivity index (χ1) is 8.40. The molecule has 0 bridgehead atoms. The predicted octanol–water partition coefficient (Wildman–Crippen LogP) is 2.92. The van der Waals surface area contributed by atoms with Crippen molar-refractivity contribution in [3.05, 3.63) is 23.5 Å². The highest BCUT2D eigenvalue weighted by atomic mass is 19.1. The van der Waals surface area contributed by atoms with E-state index in [0.29, 0.717) is 11.5 Å². The summed E-state index contributed by atoms with van der Waals surface area (Å²) in [5.74, 6) is 0.417. The molecule has 18 heavy (non-hydrogen) atoms. The van der Waals surface area contributed by atoms with Crippen LogP contribution < -0.4 is 9.47 Å². The summed E-state index contributed by atoms with van der Waals surface area (Å²) in [5, 5.41) is 10.2. The molecule has 0 heterocycles. The van der Waals surface area contributed by atoms with Crippen molar-refractivity contribution < 1.29 is 19.0 Å². The zero-order valence-electron chi connectivity index (χ0n) is 11.2. The third-order valence-corrected chi connectivity index (χ3v) is 3.79. The van der Waals surface area contributed by atoms with Crippen LogP contribution >= 0.6 is 0 Å². The van der Waals surface area contributed by atoms with Crippen molar-refractivity contribution in [1.82, 2.24) is 0 Å². The largest absolute Gasteiger partial charge is 0.493 e. The number of aliphatic hydroxyl groups is 1. The zero-order valence-corrected chi connectivity index (χ0v) is 11.2. The maximum absolute atomic E-state index is 13.9. The molecule has 0 radical (unpaired) electrons. The second-order valence-electron chi connectivity index (χ2n) is 5.47. The van der Waals surface area contributed by atoms with Gasteiger partial charge in [0.2, 0.25) is 0 Å². The molecule has 0 aromatic heterocycles. The number of halogens is 1. The van der Waals surface area contributed by atoms with E-state index in [-0.39, 0.29) is 16.9 Å². The Morgan fingerprint density at radius 3 is 2.22 bits per heavy atom. The van der Waals surface area contributed by atoms with E-state index in [4.69, 9.17) is 9.47 Å². The van der Waals surface area contributed by atoms with Gasteiger partial charge in [-0.25, -0.2) is 4.39 Å². The van der Waals surface area contributed by atoms with Crippen molar-refractivity contribution in [2.75, 3.05) is 14.2 Å². The van der Waals surface area contributed by atoms with Crippen LogP contribution in [0.25, 0.3) is 0 Å². The average molecular weight is 254 g/mol. The van der Waals surface area contributed by atoms with Crippen LogP contribution in [0.3, 0.4) is 0 Å². The van der Waals surface area contributed by atoms with Crippen LogP contribution in [0.1, 0.15) is 31.9 Å². The summed E-state index contributed by atoms with van der Waals surface area (Å²) >= 11 is 0. The summed E-state index contributed by atoms with van der Waals surface area (Å²) < 4.78 is 24.1. The van der Waals surface area contributed by atoms with Crippen LogP contribution in [0.15, 0.2) is 12.1 Å². The minimum atomic E-state index is -0.792. The fourth-order valence-electron chi connectivity index (χ4n) is 2.36. The first kappa shape index (κ1) is 13.1. The number of hydrogen-bond acceptors (Lipinski definition) is 3. The lowest BCUT2D eigenvalue weighted by Gasteiger charge is -2.16. The van der Waals surface area contributed by atoms with E-state index in [2.05, 4.69) is 13.8 Å². The van der Waals surface area contributed by atoms with Gasteiger partial charge in [-0.3, -0.25) is 0 Å². The molecule has 1 aliphatic rings. The molecule has 1 saturated carbocycles. The molecule has 100 valence electrons. The van der Waals surface area contributed by atoms with E-state index in [9.17, 15) is 9.50 Å². The second kappa shape index (κ2) is 4.43. The van der Waals surface area contributed by atoms with Gasteiger partial charge in [0, 0.05) is 11.6 Å². The molecule has 2 rings (SSSR count). The first-order valence-corrected chi connectivity index (χ1v) is 6.00. The molecular weight excluding hydrogens is 235 g/mol. The number of aliphatic hydroxyl groups excluding tert-OH is 1. The average Bonchev–Trinajstić information content (AvgIpc) is 2.97. The highest BCUT2D eigenvalue weighted by Gasteiger charge is 2.50. The molecule has 0 saturated heterocycles. The van der Waals surface area contributed by atoms with E-state index in [1.54, 1.807) is 0 Å². The van der Waals surface area contributed by atoms with Gasteiger partial charge in [-0.05, 0) is 23.8 Å². The van der Waals surface area contributed by atoms with Crippen LogP contribution in [0.4, 0.5) is 4.39 Å². The van der Waals surface area contributed by atoms with Crippen LogP contribution in [0.2, 0.25) is 0 Å². The summed E-state index contributed by atoms with van der Waals surface area (Å²) in [6.45, 7) is 4.14. The van der Waals surface area contributed by atoms with Gasteiger partial charge in [0.25, 0.3) is 0 Å². The Morgan fingerprint density at radius 1 is 1.28 bits per heavy atom. The monoisotopic (exact) mass is 254 g/mol. The second-order valence-corrected chi connectivity index (χ2v) is 5.47. The number of rotatable bonds is 4. The molecule has 0 spiro atoms. The van der Waals surface area contributed by atoms with Gasteiger partial charge in [-0.2, -0.15) is 0 Å². The fourth-order valence-corrected chi connectivity index (χ4v) is 2.36. The summed E-state index contributed by atoms with van der Waals surface area (Å²) in [6.07, 6.45) is 0.113. The molecular formula is C14H19FO3. The minimum absolute atomic E-state index is 0.0824. The van der Waals surface area contributed by atoms with Crippen LogP contribution in [-0.2, 0) is 0 Å². The highest BCUT2D eigenvalue weighted by Crippen LogP contribution is 2.58. The summed E-state index contributed by atoms with van der Waals surface area (Å²) in [7, 11) is 2.95. The van der Waals surface area contributed by atoms with E-state index >= 15 is 0 Å². The predicted molar refractivity (Wildman–Crippen MR) is 66.4 cm³/mol. The Hall–Kier alpha value is -1.29. The third-order valence-electron chi connectivity index (χ3n) is 3.79. The number of ether oxygens (including phenoxy) is 2. The van der Waals surface area contributed by atoms with Gasteiger partial charge >= 0.3 is 0 Å². The number of benzene rings is 1. The molecule has 0 amide bonds. The van der Waals surface area contributed by atoms with Gasteiger partial charge in [-0.1, -0.05) is 13.8 Å². The van der Waals surface area contributed by atoms with Crippen molar-refractivity contribution in [2.45, 2.75) is 26.4 Å². The Balaban J connectivity index is 2.33. The Bertz CT molecular complexity index is 457. The summed E-state index contributed by atoms with van der Waals surface area (Å²) in [4.78, 5) is 0. The Kier molecular flexibility index (Phi) is 3.23. The van der Waals surface area contributed by atoms with E-state index in [1.807, 2.05) is 0 Å². The minimum Gasteiger partial charge on any atom is -0.493 e. The van der Waals surface area contributed by atoms with Crippen LogP contribution in [0, 0.1) is 17.2 Å². The number of methoxy groups -OCH3 is 2. The van der Waals surface area contributed by atoms with E-state index < -0.39 is 11.9 Å². The maximum atomic E-state index is 13.9. The SMILES string of the molecule is COc1cc(F)c(C(O)C2CC2(C)C)cc1OC. The van der Waals surface area contributed by atoms with Crippen molar-refractivity contribution in [2.24, 2.45) is 11.3 Å². The van der Waals surface area contributed by atoms with E-state index in [0.717, 1.165) is 6.42 Å². The first-order valence-electron chi connectivity index (χ1n) is 6.00. The van der Waals surface area contributed by atoms with Gasteiger partial charge in [0.1, 0.15) is 5.82 Å². The smallest absolute Gasteiger partial charge is 0.163 e. The lowest BCUT2D eigenvalue weighted by molar-refractivity contribution is 0.133. The lowest BCUT2D eigenvalue weighted by atomic mass is 9.99. The lowest BCUT2D eigenvalue weighted by Crippen LogP contribution is -2.08. The molecule has 1 aromatic carbocycles. The molecule has 4 heteroatoms. The Labute approximate surface area is 107 Å². The third kappa shape index (κ3) is 2.17. The van der Waals surface area contributed by atoms with Crippen molar-refractivity contribution in [1.29, 1.82) is 0 Å². The molecule has 1 aliphatic carbocycles. The summed E-state index contributed by atoms with van der Waals surface area (Å²) in [6, 6.07) is 2.78. The fraction of sp³-hybridized carbons (Fsp3) is 0.571. The van der Waals surface area contributed by atoms with E-state index in [1.165, 1.54) is 26.4 Å². The topological polar surface area (TPSA) is 38.7 Å².